The van der Waals surface area contributed by atoms with Crippen molar-refractivity contribution < 1.29 is 4.79 Å². The van der Waals surface area contributed by atoms with Gasteiger partial charge in [-0.05, 0) is 43.5 Å². The first kappa shape index (κ1) is 9.61. The maximum Gasteiger partial charge on any atom is 0.228 e. The van der Waals surface area contributed by atoms with Crippen molar-refractivity contribution in [3.05, 3.63) is 12.3 Å². The number of hydrogen-bond acceptors (Lipinski definition) is 4. The van der Waals surface area contributed by atoms with Gasteiger partial charge in [0.1, 0.15) is 5.00 Å². The summed E-state index contributed by atoms with van der Waals surface area (Å²) in [5.74, 6) is 0.300. The predicted molar refractivity (Wildman–Crippen MR) is 56.3 cm³/mol. The number of nitrogens with one attached hydrogen (secondary N) is 2. The van der Waals surface area contributed by atoms with Crippen LogP contribution in [-0.4, -0.2) is 23.4 Å². The lowest BCUT2D eigenvalue weighted by Gasteiger charge is -2.21. The molecule has 0 aliphatic carbocycles. The van der Waals surface area contributed by atoms with Gasteiger partial charge in [-0.1, -0.05) is 0 Å². The highest BCUT2D eigenvalue weighted by atomic mass is 32.1. The van der Waals surface area contributed by atoms with Gasteiger partial charge in [0.25, 0.3) is 0 Å². The molecule has 2 heterocycles. The van der Waals surface area contributed by atoms with Gasteiger partial charge in [-0.2, -0.15) is 4.37 Å². The Morgan fingerprint density at radius 1 is 1.57 bits per heavy atom. The van der Waals surface area contributed by atoms with Crippen LogP contribution in [0.25, 0.3) is 0 Å². The molecule has 0 bridgehead atoms. The Hall–Kier alpha value is -0.940. The zero-order chi connectivity index (χ0) is 9.80. The molecule has 0 unspecified atom stereocenters. The second kappa shape index (κ2) is 4.52. The molecule has 0 atom stereocenters. The standard InChI is InChI=1S/C9H13N3OS/c13-9(7-1-4-10-5-2-7)12-8-3-6-11-14-8/h3,6-7,10H,1-2,4-5H2,(H,12,13). The molecule has 1 saturated heterocycles. The summed E-state index contributed by atoms with van der Waals surface area (Å²) in [6.07, 6.45) is 3.57. The first-order chi connectivity index (χ1) is 6.86. The summed E-state index contributed by atoms with van der Waals surface area (Å²) in [4.78, 5) is 11.7. The summed E-state index contributed by atoms with van der Waals surface area (Å²) < 4.78 is 3.93. The lowest BCUT2D eigenvalue weighted by molar-refractivity contribution is -0.120. The molecule has 14 heavy (non-hydrogen) atoms. The number of nitrogens with zero attached hydrogens (tertiary/aromatic N) is 1. The summed E-state index contributed by atoms with van der Waals surface area (Å²) in [5.41, 5.74) is 0. The predicted octanol–water partition coefficient (Wildman–Crippen LogP) is 1.08. The summed E-state index contributed by atoms with van der Waals surface area (Å²) in [7, 11) is 0. The van der Waals surface area contributed by atoms with Crippen LogP contribution in [0.3, 0.4) is 0 Å². The van der Waals surface area contributed by atoms with Crippen LogP contribution in [-0.2, 0) is 4.79 Å². The van der Waals surface area contributed by atoms with E-state index < -0.39 is 0 Å². The molecule has 2 rings (SSSR count). The molecule has 0 radical (unpaired) electrons. The van der Waals surface area contributed by atoms with E-state index in [1.165, 1.54) is 11.5 Å². The van der Waals surface area contributed by atoms with Crippen LogP contribution in [0.5, 0.6) is 0 Å². The van der Waals surface area contributed by atoms with E-state index in [-0.39, 0.29) is 11.8 Å². The Kier molecular flexibility index (Phi) is 3.10. The van der Waals surface area contributed by atoms with Crippen molar-refractivity contribution in [3.63, 3.8) is 0 Å². The number of anilines is 1. The maximum atomic E-state index is 11.7. The van der Waals surface area contributed by atoms with Crippen LogP contribution in [0.2, 0.25) is 0 Å². The van der Waals surface area contributed by atoms with Crippen LogP contribution < -0.4 is 10.6 Å². The van der Waals surface area contributed by atoms with Crippen molar-refractivity contribution in [3.8, 4) is 0 Å². The Labute approximate surface area is 86.9 Å². The fourth-order valence-electron chi connectivity index (χ4n) is 1.59. The zero-order valence-corrected chi connectivity index (χ0v) is 8.64. The van der Waals surface area contributed by atoms with Gasteiger partial charge in [-0.15, -0.1) is 0 Å². The highest BCUT2D eigenvalue weighted by Crippen LogP contribution is 2.17. The molecule has 0 aromatic carbocycles. The molecule has 0 saturated carbocycles. The van der Waals surface area contributed by atoms with E-state index in [9.17, 15) is 4.79 Å². The second-order valence-corrected chi connectivity index (χ2v) is 4.22. The van der Waals surface area contributed by atoms with Crippen LogP contribution in [0, 0.1) is 5.92 Å². The van der Waals surface area contributed by atoms with Crippen LogP contribution in [0.1, 0.15) is 12.8 Å². The molecular weight excluding hydrogens is 198 g/mol. The summed E-state index contributed by atoms with van der Waals surface area (Å²) >= 11 is 1.32. The van der Waals surface area contributed by atoms with Gasteiger partial charge >= 0.3 is 0 Å². The summed E-state index contributed by atoms with van der Waals surface area (Å²) in [6, 6.07) is 1.82. The highest BCUT2D eigenvalue weighted by molar-refractivity contribution is 7.10. The summed E-state index contributed by atoms with van der Waals surface area (Å²) in [5, 5.41) is 6.96. The Balaban J connectivity index is 1.88. The largest absolute Gasteiger partial charge is 0.317 e. The average Bonchev–Trinajstić information content (AvgIpc) is 2.72. The monoisotopic (exact) mass is 211 g/mol. The van der Waals surface area contributed by atoms with Crippen LogP contribution in [0.15, 0.2) is 12.3 Å². The first-order valence-corrected chi connectivity index (χ1v) is 5.56. The fraction of sp³-hybridized carbons (Fsp3) is 0.556. The number of piperidine rings is 1. The van der Waals surface area contributed by atoms with Crippen molar-refractivity contribution in [2.24, 2.45) is 5.92 Å². The molecule has 1 aromatic rings. The maximum absolute atomic E-state index is 11.7. The molecule has 0 spiro atoms. The van der Waals surface area contributed by atoms with Crippen LogP contribution in [0.4, 0.5) is 5.00 Å². The molecule has 4 nitrogen and oxygen atoms in total. The van der Waals surface area contributed by atoms with Gasteiger partial charge in [0.15, 0.2) is 0 Å². The molecule has 1 fully saturated rings. The molecule has 76 valence electrons. The molecule has 1 aromatic heterocycles. The smallest absolute Gasteiger partial charge is 0.228 e. The van der Waals surface area contributed by atoms with E-state index in [0.29, 0.717) is 0 Å². The lowest BCUT2D eigenvalue weighted by atomic mass is 9.97. The van der Waals surface area contributed by atoms with Crippen molar-refractivity contribution in [2.45, 2.75) is 12.8 Å². The Morgan fingerprint density at radius 2 is 2.36 bits per heavy atom. The SMILES string of the molecule is O=C(Nc1ccns1)C1CCNCC1. The zero-order valence-electron chi connectivity index (χ0n) is 7.82. The molecular formula is C9H13N3OS. The molecule has 2 N–H and O–H groups in total. The van der Waals surface area contributed by atoms with E-state index in [0.717, 1.165) is 30.9 Å². The van der Waals surface area contributed by atoms with Gasteiger partial charge in [0.05, 0.1) is 0 Å². The van der Waals surface area contributed by atoms with E-state index in [4.69, 9.17) is 0 Å². The van der Waals surface area contributed by atoms with E-state index in [1.54, 1.807) is 6.20 Å². The van der Waals surface area contributed by atoms with Gasteiger partial charge in [0.2, 0.25) is 5.91 Å². The normalized spacial score (nSPS) is 18.0. The summed E-state index contributed by atoms with van der Waals surface area (Å²) in [6.45, 7) is 1.89. The Morgan fingerprint density at radius 3 is 3.00 bits per heavy atom. The van der Waals surface area contributed by atoms with E-state index in [2.05, 4.69) is 15.0 Å². The third kappa shape index (κ3) is 2.30. The van der Waals surface area contributed by atoms with Crippen molar-refractivity contribution in [2.75, 3.05) is 18.4 Å². The minimum absolute atomic E-state index is 0.135. The third-order valence-corrected chi connectivity index (χ3v) is 3.06. The minimum Gasteiger partial charge on any atom is -0.317 e. The number of aromatic nitrogens is 1. The number of carbonyl (C=O) groups excluding carboxylic acids is 1. The number of carbonyl (C=O) groups is 1. The van der Waals surface area contributed by atoms with Crippen molar-refractivity contribution in [1.82, 2.24) is 9.69 Å². The molecule has 1 aliphatic heterocycles. The molecule has 1 amide bonds. The highest BCUT2D eigenvalue weighted by Gasteiger charge is 2.20. The third-order valence-electron chi connectivity index (χ3n) is 2.39. The lowest BCUT2D eigenvalue weighted by Crippen LogP contribution is -2.34. The minimum atomic E-state index is 0.135. The molecule has 1 aliphatic rings. The Bertz CT molecular complexity index is 293. The van der Waals surface area contributed by atoms with E-state index in [1.807, 2.05) is 6.07 Å². The van der Waals surface area contributed by atoms with Crippen molar-refractivity contribution >= 4 is 22.4 Å². The van der Waals surface area contributed by atoms with Gasteiger partial charge in [-0.3, -0.25) is 4.79 Å². The first-order valence-electron chi connectivity index (χ1n) is 4.78. The average molecular weight is 211 g/mol. The number of rotatable bonds is 2. The van der Waals surface area contributed by atoms with Crippen LogP contribution >= 0.6 is 11.5 Å². The van der Waals surface area contributed by atoms with E-state index >= 15 is 0 Å². The van der Waals surface area contributed by atoms with Gasteiger partial charge < -0.3 is 10.6 Å². The quantitative estimate of drug-likeness (QED) is 0.769. The van der Waals surface area contributed by atoms with Gasteiger partial charge in [0, 0.05) is 12.1 Å². The van der Waals surface area contributed by atoms with Gasteiger partial charge in [-0.25, -0.2) is 0 Å². The fourth-order valence-corrected chi connectivity index (χ4v) is 2.09. The number of hydrogen-bond donors (Lipinski definition) is 2. The molecule has 5 heteroatoms. The second-order valence-electron chi connectivity index (χ2n) is 3.39. The van der Waals surface area contributed by atoms with Crippen molar-refractivity contribution in [1.29, 1.82) is 0 Å². The topological polar surface area (TPSA) is 54.0 Å². The number of amides is 1.